The quantitative estimate of drug-likeness (QED) is 0.799. The Morgan fingerprint density at radius 3 is 2.52 bits per heavy atom. The van der Waals surface area contributed by atoms with Crippen LogP contribution < -0.4 is 0 Å². The summed E-state index contributed by atoms with van der Waals surface area (Å²) < 4.78 is 31.2. The SMILES string of the molecule is Cc1ccc(C(=O)OCCN2CCC(F)(F)CC2)cc1C. The van der Waals surface area contributed by atoms with Gasteiger partial charge in [-0.2, -0.15) is 0 Å². The van der Waals surface area contributed by atoms with Crippen molar-refractivity contribution in [2.24, 2.45) is 0 Å². The molecule has 0 bridgehead atoms. The summed E-state index contributed by atoms with van der Waals surface area (Å²) in [6.07, 6.45) is -0.226. The van der Waals surface area contributed by atoms with Crippen LogP contribution in [0.2, 0.25) is 0 Å². The molecule has 21 heavy (non-hydrogen) atoms. The molecule has 2 rings (SSSR count). The highest BCUT2D eigenvalue weighted by Gasteiger charge is 2.33. The van der Waals surface area contributed by atoms with E-state index in [-0.39, 0.29) is 25.4 Å². The van der Waals surface area contributed by atoms with E-state index in [9.17, 15) is 13.6 Å². The van der Waals surface area contributed by atoms with Crippen molar-refractivity contribution in [3.63, 3.8) is 0 Å². The predicted molar refractivity (Wildman–Crippen MR) is 76.8 cm³/mol. The molecule has 1 heterocycles. The van der Waals surface area contributed by atoms with Crippen molar-refractivity contribution in [1.29, 1.82) is 0 Å². The molecule has 1 aliphatic heterocycles. The van der Waals surface area contributed by atoms with Gasteiger partial charge in [0.25, 0.3) is 5.92 Å². The maximum absolute atomic E-state index is 13.0. The molecule has 0 saturated carbocycles. The van der Waals surface area contributed by atoms with Crippen molar-refractivity contribution < 1.29 is 18.3 Å². The highest BCUT2D eigenvalue weighted by Crippen LogP contribution is 2.27. The lowest BCUT2D eigenvalue weighted by Crippen LogP contribution is -2.41. The van der Waals surface area contributed by atoms with Crippen molar-refractivity contribution in [1.82, 2.24) is 4.90 Å². The Balaban J connectivity index is 1.76. The van der Waals surface area contributed by atoms with Gasteiger partial charge in [-0.1, -0.05) is 6.07 Å². The number of hydrogen-bond donors (Lipinski definition) is 0. The Labute approximate surface area is 123 Å². The number of alkyl halides is 2. The molecule has 0 radical (unpaired) electrons. The van der Waals surface area contributed by atoms with E-state index in [0.29, 0.717) is 25.2 Å². The van der Waals surface area contributed by atoms with Gasteiger partial charge in [0, 0.05) is 32.5 Å². The van der Waals surface area contributed by atoms with Crippen LogP contribution in [0, 0.1) is 13.8 Å². The molecule has 1 fully saturated rings. The fourth-order valence-corrected chi connectivity index (χ4v) is 2.32. The first kappa shape index (κ1) is 15.9. The zero-order valence-electron chi connectivity index (χ0n) is 12.5. The molecule has 5 heteroatoms. The molecule has 0 atom stereocenters. The van der Waals surface area contributed by atoms with Gasteiger partial charge in [-0.15, -0.1) is 0 Å². The summed E-state index contributed by atoms with van der Waals surface area (Å²) in [6, 6.07) is 5.43. The molecule has 1 aromatic rings. The summed E-state index contributed by atoms with van der Waals surface area (Å²) in [5, 5.41) is 0. The molecule has 0 N–H and O–H groups in total. The number of ether oxygens (including phenoxy) is 1. The number of rotatable bonds is 4. The fourth-order valence-electron chi connectivity index (χ4n) is 2.32. The standard InChI is InChI=1S/C16H21F2NO2/c1-12-3-4-14(11-13(12)2)15(20)21-10-9-19-7-5-16(17,18)6-8-19/h3-4,11H,5-10H2,1-2H3. The number of hydrogen-bond acceptors (Lipinski definition) is 3. The van der Waals surface area contributed by atoms with Crippen molar-refractivity contribution in [3.8, 4) is 0 Å². The minimum atomic E-state index is -2.54. The van der Waals surface area contributed by atoms with Crippen LogP contribution in [-0.2, 0) is 4.74 Å². The van der Waals surface area contributed by atoms with E-state index in [1.165, 1.54) is 0 Å². The maximum atomic E-state index is 13.0. The molecule has 0 aromatic heterocycles. The van der Waals surface area contributed by atoms with Gasteiger partial charge in [0.05, 0.1) is 5.56 Å². The third kappa shape index (κ3) is 4.49. The molecule has 1 saturated heterocycles. The van der Waals surface area contributed by atoms with Crippen LogP contribution in [0.25, 0.3) is 0 Å². The van der Waals surface area contributed by atoms with E-state index in [2.05, 4.69) is 0 Å². The second kappa shape index (κ2) is 6.52. The summed E-state index contributed by atoms with van der Waals surface area (Å²) in [6.45, 7) is 5.38. The van der Waals surface area contributed by atoms with Crippen molar-refractivity contribution >= 4 is 5.97 Å². The molecule has 3 nitrogen and oxygen atoms in total. The number of carbonyl (C=O) groups is 1. The highest BCUT2D eigenvalue weighted by molar-refractivity contribution is 5.89. The monoisotopic (exact) mass is 297 g/mol. The lowest BCUT2D eigenvalue weighted by atomic mass is 10.1. The molecule has 0 amide bonds. The van der Waals surface area contributed by atoms with Crippen molar-refractivity contribution in [2.45, 2.75) is 32.6 Å². The molecule has 0 unspecified atom stereocenters. The smallest absolute Gasteiger partial charge is 0.338 e. The summed E-state index contributed by atoms with van der Waals surface area (Å²) in [5.74, 6) is -2.90. The van der Waals surface area contributed by atoms with E-state index in [1.54, 1.807) is 12.1 Å². The van der Waals surface area contributed by atoms with Crippen LogP contribution in [0.5, 0.6) is 0 Å². The summed E-state index contributed by atoms with van der Waals surface area (Å²) in [4.78, 5) is 13.8. The van der Waals surface area contributed by atoms with E-state index in [0.717, 1.165) is 11.1 Å². The number of esters is 1. The van der Waals surface area contributed by atoms with Gasteiger partial charge in [0.1, 0.15) is 6.61 Å². The average Bonchev–Trinajstić information content (AvgIpc) is 2.43. The Morgan fingerprint density at radius 2 is 1.90 bits per heavy atom. The van der Waals surface area contributed by atoms with E-state index >= 15 is 0 Å². The summed E-state index contributed by atoms with van der Waals surface area (Å²) >= 11 is 0. The Bertz CT molecular complexity index is 507. The van der Waals surface area contributed by atoms with Gasteiger partial charge < -0.3 is 4.74 Å². The van der Waals surface area contributed by atoms with E-state index in [4.69, 9.17) is 4.74 Å². The number of benzene rings is 1. The first-order valence-corrected chi connectivity index (χ1v) is 7.22. The Kier molecular flexibility index (Phi) is 4.93. The third-order valence-corrected chi connectivity index (χ3v) is 3.97. The zero-order chi connectivity index (χ0) is 15.5. The van der Waals surface area contributed by atoms with Crippen LogP contribution in [-0.4, -0.2) is 43.0 Å². The molecule has 1 aliphatic rings. The van der Waals surface area contributed by atoms with Crippen LogP contribution >= 0.6 is 0 Å². The molecule has 1 aromatic carbocycles. The first-order chi connectivity index (χ1) is 9.87. The number of likely N-dealkylation sites (tertiary alicyclic amines) is 1. The largest absolute Gasteiger partial charge is 0.461 e. The maximum Gasteiger partial charge on any atom is 0.338 e. The summed E-state index contributed by atoms with van der Waals surface area (Å²) in [5.41, 5.74) is 2.70. The van der Waals surface area contributed by atoms with E-state index < -0.39 is 5.92 Å². The zero-order valence-corrected chi connectivity index (χ0v) is 12.5. The normalized spacial score (nSPS) is 18.5. The number of halogens is 2. The Morgan fingerprint density at radius 1 is 1.24 bits per heavy atom. The Hall–Kier alpha value is -1.49. The van der Waals surface area contributed by atoms with Crippen LogP contribution in [0.15, 0.2) is 18.2 Å². The molecule has 116 valence electrons. The first-order valence-electron chi connectivity index (χ1n) is 7.22. The second-order valence-corrected chi connectivity index (χ2v) is 5.63. The van der Waals surface area contributed by atoms with Gasteiger partial charge in [-0.3, -0.25) is 4.90 Å². The minimum absolute atomic E-state index is 0.113. The predicted octanol–water partition coefficient (Wildman–Crippen LogP) is 3.19. The van der Waals surface area contributed by atoms with Gasteiger partial charge in [0.15, 0.2) is 0 Å². The van der Waals surface area contributed by atoms with Crippen LogP contribution in [0.3, 0.4) is 0 Å². The number of piperidine rings is 1. The molecular weight excluding hydrogens is 276 g/mol. The summed E-state index contributed by atoms with van der Waals surface area (Å²) in [7, 11) is 0. The second-order valence-electron chi connectivity index (χ2n) is 5.63. The minimum Gasteiger partial charge on any atom is -0.461 e. The highest BCUT2D eigenvalue weighted by atomic mass is 19.3. The number of aryl methyl sites for hydroxylation is 2. The van der Waals surface area contributed by atoms with Crippen LogP contribution in [0.1, 0.15) is 34.3 Å². The van der Waals surface area contributed by atoms with Crippen molar-refractivity contribution in [2.75, 3.05) is 26.2 Å². The van der Waals surface area contributed by atoms with Gasteiger partial charge in [-0.05, 0) is 37.1 Å². The lowest BCUT2D eigenvalue weighted by Gasteiger charge is -2.31. The average molecular weight is 297 g/mol. The topological polar surface area (TPSA) is 29.5 Å². The van der Waals surface area contributed by atoms with Gasteiger partial charge in [-0.25, -0.2) is 13.6 Å². The molecule has 0 aliphatic carbocycles. The fraction of sp³-hybridized carbons (Fsp3) is 0.562. The van der Waals surface area contributed by atoms with Gasteiger partial charge >= 0.3 is 5.97 Å². The van der Waals surface area contributed by atoms with Crippen LogP contribution in [0.4, 0.5) is 8.78 Å². The number of carbonyl (C=O) groups excluding carboxylic acids is 1. The van der Waals surface area contributed by atoms with Crippen molar-refractivity contribution in [3.05, 3.63) is 34.9 Å². The number of nitrogens with zero attached hydrogens (tertiary/aromatic N) is 1. The lowest BCUT2D eigenvalue weighted by molar-refractivity contribution is -0.0576. The molecule has 0 spiro atoms. The third-order valence-electron chi connectivity index (χ3n) is 3.97. The van der Waals surface area contributed by atoms with Gasteiger partial charge in [0.2, 0.25) is 0 Å². The molecular formula is C16H21F2NO2. The van der Waals surface area contributed by atoms with E-state index in [1.807, 2.05) is 24.8 Å².